The van der Waals surface area contributed by atoms with Gasteiger partial charge in [-0.05, 0) is 24.3 Å². The van der Waals surface area contributed by atoms with E-state index in [1.54, 1.807) is 0 Å². The number of imidazole rings is 1. The molecule has 0 saturated carbocycles. The molecule has 0 saturated heterocycles. The number of halogens is 4. The lowest BCUT2D eigenvalue weighted by molar-refractivity contribution is -0.192. The quantitative estimate of drug-likeness (QED) is 0.626. The summed E-state index contributed by atoms with van der Waals surface area (Å²) in [6.07, 6.45) is -5.08. The number of carbonyl (C=O) groups is 1. The van der Waals surface area contributed by atoms with Crippen molar-refractivity contribution in [2.75, 3.05) is 5.32 Å². The number of H-pyrrole nitrogens is 1. The molecule has 0 fully saturated rings. The monoisotopic (exact) mass is 357 g/mol. The standard InChI is InChI=1S/C13H10ClN3.C2HF3O2/c14-9-5-1-2-6-10(9)15-13-16-11-7-3-4-8-12(11)17-13;3-2(4,5)1(6)7/h1-8H,(H2,15,16,17);(H,6,7). The van der Waals surface area contributed by atoms with Gasteiger partial charge in [-0.15, -0.1) is 0 Å². The van der Waals surface area contributed by atoms with Gasteiger partial charge in [0.25, 0.3) is 0 Å². The van der Waals surface area contributed by atoms with Crippen LogP contribution >= 0.6 is 11.6 Å². The Hall–Kier alpha value is -2.74. The van der Waals surface area contributed by atoms with Gasteiger partial charge in [0.2, 0.25) is 5.95 Å². The van der Waals surface area contributed by atoms with Gasteiger partial charge in [-0.1, -0.05) is 35.9 Å². The number of benzene rings is 2. The summed E-state index contributed by atoms with van der Waals surface area (Å²) in [6.45, 7) is 0. The highest BCUT2D eigenvalue weighted by molar-refractivity contribution is 6.33. The molecule has 3 N–H and O–H groups in total. The van der Waals surface area contributed by atoms with Crippen LogP contribution in [-0.4, -0.2) is 27.2 Å². The first-order valence-electron chi connectivity index (χ1n) is 6.54. The van der Waals surface area contributed by atoms with Crippen molar-refractivity contribution in [2.24, 2.45) is 0 Å². The van der Waals surface area contributed by atoms with E-state index in [1.807, 2.05) is 48.5 Å². The van der Waals surface area contributed by atoms with Gasteiger partial charge in [-0.2, -0.15) is 13.2 Å². The fourth-order valence-corrected chi connectivity index (χ4v) is 1.89. The zero-order valence-electron chi connectivity index (χ0n) is 11.9. The summed E-state index contributed by atoms with van der Waals surface area (Å²) < 4.78 is 31.7. The van der Waals surface area contributed by atoms with Crippen LogP contribution in [0, 0.1) is 0 Å². The Morgan fingerprint density at radius 1 is 1.12 bits per heavy atom. The van der Waals surface area contributed by atoms with Crippen LogP contribution < -0.4 is 5.32 Å². The number of fused-ring (bicyclic) bond motifs is 1. The molecule has 0 aliphatic heterocycles. The van der Waals surface area contributed by atoms with Gasteiger partial charge in [-0.3, -0.25) is 0 Å². The molecule has 9 heteroatoms. The molecular formula is C15H11ClF3N3O2. The molecule has 1 aromatic heterocycles. The summed E-state index contributed by atoms with van der Waals surface area (Å²) in [4.78, 5) is 16.5. The van der Waals surface area contributed by atoms with Crippen LogP contribution in [0.5, 0.6) is 0 Å². The Morgan fingerprint density at radius 2 is 1.71 bits per heavy atom. The van der Waals surface area contributed by atoms with Crippen LogP contribution in [0.3, 0.4) is 0 Å². The first-order chi connectivity index (χ1) is 11.3. The van der Waals surface area contributed by atoms with E-state index in [0.29, 0.717) is 11.0 Å². The van der Waals surface area contributed by atoms with Crippen molar-refractivity contribution in [3.05, 3.63) is 53.6 Å². The lowest BCUT2D eigenvalue weighted by Gasteiger charge is -2.03. The molecule has 0 aliphatic rings. The number of nitrogens with one attached hydrogen (secondary N) is 2. The molecule has 126 valence electrons. The van der Waals surface area contributed by atoms with Crippen molar-refractivity contribution in [1.82, 2.24) is 9.97 Å². The number of alkyl halides is 3. The molecule has 0 atom stereocenters. The number of carboxylic acid groups (broad SMARTS) is 1. The zero-order valence-corrected chi connectivity index (χ0v) is 12.7. The average molecular weight is 358 g/mol. The predicted octanol–water partition coefficient (Wildman–Crippen LogP) is 4.59. The highest BCUT2D eigenvalue weighted by Crippen LogP contribution is 2.24. The maximum atomic E-state index is 10.6. The molecule has 5 nitrogen and oxygen atoms in total. The third-order valence-corrected chi connectivity index (χ3v) is 3.09. The number of anilines is 2. The molecule has 2 aromatic carbocycles. The second-order valence-electron chi connectivity index (χ2n) is 4.51. The summed E-state index contributed by atoms with van der Waals surface area (Å²) in [5, 5.41) is 11.0. The van der Waals surface area contributed by atoms with E-state index in [1.165, 1.54) is 0 Å². The maximum absolute atomic E-state index is 10.6. The van der Waals surface area contributed by atoms with Crippen LogP contribution in [-0.2, 0) is 4.79 Å². The van der Waals surface area contributed by atoms with Crippen LogP contribution in [0.25, 0.3) is 11.0 Å². The van der Waals surface area contributed by atoms with Crippen molar-refractivity contribution < 1.29 is 23.1 Å². The third-order valence-electron chi connectivity index (χ3n) is 2.76. The molecule has 0 radical (unpaired) electrons. The van der Waals surface area contributed by atoms with Crippen LogP contribution in [0.15, 0.2) is 48.5 Å². The molecule has 3 rings (SSSR count). The largest absolute Gasteiger partial charge is 0.490 e. The van der Waals surface area contributed by atoms with Crippen molar-refractivity contribution in [3.8, 4) is 0 Å². The molecular weight excluding hydrogens is 347 g/mol. The maximum Gasteiger partial charge on any atom is 0.490 e. The number of hydrogen-bond donors (Lipinski definition) is 3. The van der Waals surface area contributed by atoms with Crippen LogP contribution in [0.4, 0.5) is 24.8 Å². The van der Waals surface area contributed by atoms with Crippen molar-refractivity contribution in [2.45, 2.75) is 6.18 Å². The van der Waals surface area contributed by atoms with Gasteiger partial charge < -0.3 is 15.4 Å². The molecule has 0 bridgehead atoms. The number of aliphatic carboxylic acids is 1. The van der Waals surface area contributed by atoms with Crippen molar-refractivity contribution >= 4 is 40.2 Å². The van der Waals surface area contributed by atoms with Gasteiger partial charge in [0.05, 0.1) is 21.7 Å². The van der Waals surface area contributed by atoms with E-state index < -0.39 is 12.1 Å². The molecule has 3 aromatic rings. The number of aromatic amines is 1. The van der Waals surface area contributed by atoms with E-state index in [-0.39, 0.29) is 0 Å². The molecule has 1 heterocycles. The Morgan fingerprint density at radius 3 is 2.29 bits per heavy atom. The summed E-state index contributed by atoms with van der Waals surface area (Å²) in [6, 6.07) is 15.5. The number of carboxylic acids is 1. The topological polar surface area (TPSA) is 78.0 Å². The lowest BCUT2D eigenvalue weighted by atomic mass is 10.3. The van der Waals surface area contributed by atoms with Crippen molar-refractivity contribution in [1.29, 1.82) is 0 Å². The zero-order chi connectivity index (χ0) is 17.7. The lowest BCUT2D eigenvalue weighted by Crippen LogP contribution is -2.21. The highest BCUT2D eigenvalue weighted by atomic mass is 35.5. The highest BCUT2D eigenvalue weighted by Gasteiger charge is 2.38. The normalized spacial score (nSPS) is 10.8. The Labute approximate surface area is 139 Å². The molecule has 0 amide bonds. The number of aromatic nitrogens is 2. The summed E-state index contributed by atoms with van der Waals surface area (Å²) in [7, 11) is 0. The van der Waals surface area contributed by atoms with Gasteiger partial charge in [0, 0.05) is 0 Å². The van der Waals surface area contributed by atoms with Crippen molar-refractivity contribution in [3.63, 3.8) is 0 Å². The summed E-state index contributed by atoms with van der Waals surface area (Å²) >= 11 is 6.07. The van der Waals surface area contributed by atoms with Gasteiger partial charge in [0.15, 0.2) is 0 Å². The summed E-state index contributed by atoms with van der Waals surface area (Å²) in [5.74, 6) is -2.06. The molecule has 0 aliphatic carbocycles. The molecule has 24 heavy (non-hydrogen) atoms. The predicted molar refractivity (Wildman–Crippen MR) is 84.5 cm³/mol. The van der Waals surface area contributed by atoms with Gasteiger partial charge in [0.1, 0.15) is 0 Å². The SMILES string of the molecule is Clc1ccccc1Nc1nc2ccccc2[nH]1.O=C(O)C(F)(F)F. The van der Waals surface area contributed by atoms with E-state index in [0.717, 1.165) is 16.7 Å². The Balaban J connectivity index is 0.000000256. The van der Waals surface area contributed by atoms with Crippen LogP contribution in [0.1, 0.15) is 0 Å². The second-order valence-corrected chi connectivity index (χ2v) is 4.92. The third kappa shape index (κ3) is 4.63. The van der Waals surface area contributed by atoms with E-state index in [9.17, 15) is 13.2 Å². The minimum absolute atomic E-state index is 0.674. The minimum Gasteiger partial charge on any atom is -0.475 e. The fourth-order valence-electron chi connectivity index (χ4n) is 1.70. The number of para-hydroxylation sites is 3. The fraction of sp³-hybridized carbons (Fsp3) is 0.0667. The first kappa shape index (κ1) is 17.6. The Kier molecular flexibility index (Phi) is 5.30. The van der Waals surface area contributed by atoms with Gasteiger partial charge >= 0.3 is 12.1 Å². The number of rotatable bonds is 2. The van der Waals surface area contributed by atoms with Gasteiger partial charge in [-0.25, -0.2) is 9.78 Å². The smallest absolute Gasteiger partial charge is 0.475 e. The van der Waals surface area contributed by atoms with Crippen LogP contribution in [0.2, 0.25) is 5.02 Å². The molecule has 0 spiro atoms. The minimum atomic E-state index is -5.08. The van der Waals surface area contributed by atoms with E-state index >= 15 is 0 Å². The Bertz CT molecular complexity index is 816. The number of hydrogen-bond acceptors (Lipinski definition) is 3. The van der Waals surface area contributed by atoms with E-state index in [2.05, 4.69) is 15.3 Å². The summed E-state index contributed by atoms with van der Waals surface area (Å²) in [5.41, 5.74) is 2.78. The number of nitrogens with zero attached hydrogens (tertiary/aromatic N) is 1. The first-order valence-corrected chi connectivity index (χ1v) is 6.91. The molecule has 0 unspecified atom stereocenters. The average Bonchev–Trinajstić information content (AvgIpc) is 2.91. The second kappa shape index (κ2) is 7.22. The van der Waals surface area contributed by atoms with E-state index in [4.69, 9.17) is 21.5 Å².